The lowest BCUT2D eigenvalue weighted by molar-refractivity contribution is -0.166. The van der Waals surface area contributed by atoms with Crippen molar-refractivity contribution in [2.24, 2.45) is 26.2 Å². The van der Waals surface area contributed by atoms with Gasteiger partial charge in [-0.3, -0.25) is 0 Å². The monoisotopic (exact) mass is 773 g/mol. The van der Waals surface area contributed by atoms with Gasteiger partial charge in [0, 0.05) is 56.9 Å². The van der Waals surface area contributed by atoms with Crippen molar-refractivity contribution in [3.8, 4) is 0 Å². The number of nitrogens with zero attached hydrogens (tertiary/aromatic N) is 6. The predicted molar refractivity (Wildman–Crippen MR) is 196 cm³/mol. The normalized spacial score (nSPS) is 18.1. The number of halogens is 6. The van der Waals surface area contributed by atoms with Crippen LogP contribution in [0.2, 0.25) is 0 Å². The largest absolute Gasteiger partial charge is 0.442 e. The van der Waals surface area contributed by atoms with Crippen molar-refractivity contribution in [3.05, 3.63) is 70.8 Å². The zero-order valence-corrected chi connectivity index (χ0v) is 31.8. The van der Waals surface area contributed by atoms with Gasteiger partial charge in [0.15, 0.2) is 0 Å². The average molecular weight is 774 g/mol. The standard InChI is InChI=1S/C19H29F3N4O.C10H7F3N2O.C8H21N3/c1-3-5-12-26(11-4-2)13-10-23-14-17(27)15-6-8-16(9-7-15)18(24-25-18)19(20,21)22;11-10(12,13)9(14-15-9)7-3-1-6(2-4-7)8-5-16-8;1-3-6-11(7-4-9)8-5-10-2/h6-9,17,23,27H,3-5,10-14H2,1-2H3;1-4,8H,5H2;10H,3-9H2,1-2H3. The fourth-order valence-electron chi connectivity index (χ4n) is 5.72. The van der Waals surface area contributed by atoms with Crippen LogP contribution in [0.25, 0.3) is 0 Å². The molecule has 17 heteroatoms. The number of epoxide rings is 1. The number of nitrogens with one attached hydrogen (secondary N) is 2. The smallest absolute Gasteiger partial charge is 0.387 e. The van der Waals surface area contributed by atoms with Gasteiger partial charge in [0.25, 0.3) is 0 Å². The van der Waals surface area contributed by atoms with Gasteiger partial charge in [0.1, 0.15) is 6.10 Å². The number of benzene rings is 2. The van der Waals surface area contributed by atoms with Gasteiger partial charge in [-0.25, -0.2) is 0 Å². The van der Waals surface area contributed by atoms with Crippen LogP contribution < -0.4 is 16.4 Å². The maximum atomic E-state index is 13.0. The Bertz CT molecular complexity index is 1400. The summed E-state index contributed by atoms with van der Waals surface area (Å²) in [6.45, 7) is 16.4. The van der Waals surface area contributed by atoms with Gasteiger partial charge in [-0.15, -0.1) is 20.5 Å². The van der Waals surface area contributed by atoms with Gasteiger partial charge in [0.2, 0.25) is 0 Å². The Balaban J connectivity index is 0.000000244. The SMILES string of the molecule is CCCCN(CCC)CCNCC(O)c1ccc(C2(C(F)(F)F)N=N2)cc1.CCCN(CCN)CCNC.FC(F)(F)C1(c2ccc(C3CO3)cc2)N=N1. The molecule has 304 valence electrons. The summed E-state index contributed by atoms with van der Waals surface area (Å²) < 4.78 is 81.9. The third-order valence-corrected chi connectivity index (χ3v) is 9.08. The van der Waals surface area contributed by atoms with Crippen LogP contribution in [0.3, 0.4) is 0 Å². The van der Waals surface area contributed by atoms with Crippen LogP contribution in [-0.4, -0.2) is 106 Å². The van der Waals surface area contributed by atoms with Crippen LogP contribution in [0.1, 0.15) is 80.9 Å². The Morgan fingerprint density at radius 3 is 1.65 bits per heavy atom. The number of likely N-dealkylation sites (N-methyl/N-ethyl adjacent to an activating group) is 1. The minimum atomic E-state index is -4.53. The maximum absolute atomic E-state index is 13.0. The Morgan fingerprint density at radius 1 is 0.759 bits per heavy atom. The summed E-state index contributed by atoms with van der Waals surface area (Å²) in [5.74, 6) is 0. The highest BCUT2D eigenvalue weighted by Crippen LogP contribution is 2.53. The number of ether oxygens (including phenoxy) is 1. The summed E-state index contributed by atoms with van der Waals surface area (Å²) in [7, 11) is 1.98. The van der Waals surface area contributed by atoms with Crippen molar-refractivity contribution in [1.82, 2.24) is 20.4 Å². The van der Waals surface area contributed by atoms with Crippen molar-refractivity contribution in [1.29, 1.82) is 0 Å². The molecular formula is C37H57F6N9O2. The van der Waals surface area contributed by atoms with E-state index in [4.69, 9.17) is 10.5 Å². The summed E-state index contributed by atoms with van der Waals surface area (Å²) in [6, 6.07) is 11.7. The van der Waals surface area contributed by atoms with Crippen LogP contribution in [0.4, 0.5) is 26.3 Å². The van der Waals surface area contributed by atoms with E-state index in [9.17, 15) is 31.4 Å². The molecule has 0 bridgehead atoms. The van der Waals surface area contributed by atoms with E-state index in [1.165, 1.54) is 62.2 Å². The first-order valence-corrected chi connectivity index (χ1v) is 18.7. The molecule has 2 aromatic rings. The van der Waals surface area contributed by atoms with E-state index in [2.05, 4.69) is 61.7 Å². The van der Waals surface area contributed by atoms with E-state index in [1.54, 1.807) is 12.1 Å². The summed E-state index contributed by atoms with van der Waals surface area (Å²) >= 11 is 0. The molecule has 0 spiro atoms. The fraction of sp³-hybridized carbons (Fsp3) is 0.676. The van der Waals surface area contributed by atoms with Crippen molar-refractivity contribution in [3.63, 3.8) is 0 Å². The maximum Gasteiger partial charge on any atom is 0.442 e. The van der Waals surface area contributed by atoms with Crippen LogP contribution in [0.5, 0.6) is 0 Å². The van der Waals surface area contributed by atoms with E-state index in [-0.39, 0.29) is 17.2 Å². The molecule has 2 unspecified atom stereocenters. The zero-order valence-electron chi connectivity index (χ0n) is 31.8. The van der Waals surface area contributed by atoms with E-state index in [0.29, 0.717) is 18.7 Å². The van der Waals surface area contributed by atoms with E-state index < -0.39 is 29.8 Å². The Hall–Kier alpha value is -3.06. The van der Waals surface area contributed by atoms with Crippen molar-refractivity contribution >= 4 is 0 Å². The predicted octanol–water partition coefficient (Wildman–Crippen LogP) is 6.82. The number of aliphatic hydroxyl groups is 1. The number of hydrogen-bond donors (Lipinski definition) is 4. The molecule has 2 atom stereocenters. The molecule has 11 nitrogen and oxygen atoms in total. The van der Waals surface area contributed by atoms with Crippen molar-refractivity contribution < 1.29 is 36.2 Å². The van der Waals surface area contributed by atoms with Gasteiger partial charge >= 0.3 is 23.7 Å². The fourth-order valence-corrected chi connectivity index (χ4v) is 5.72. The third kappa shape index (κ3) is 13.3. The number of alkyl halides is 6. The van der Waals surface area contributed by atoms with Crippen molar-refractivity contribution in [2.45, 2.75) is 82.3 Å². The first-order chi connectivity index (χ1) is 25.7. The third-order valence-electron chi connectivity index (χ3n) is 9.08. The molecule has 54 heavy (non-hydrogen) atoms. The highest BCUT2D eigenvalue weighted by molar-refractivity contribution is 5.35. The van der Waals surface area contributed by atoms with Crippen LogP contribution >= 0.6 is 0 Å². The molecule has 2 aromatic carbocycles. The Morgan fingerprint density at radius 2 is 1.24 bits per heavy atom. The highest BCUT2D eigenvalue weighted by Gasteiger charge is 2.66. The van der Waals surface area contributed by atoms with E-state index in [0.717, 1.165) is 64.3 Å². The summed E-state index contributed by atoms with van der Waals surface area (Å²) in [5, 5.41) is 29.2. The summed E-state index contributed by atoms with van der Waals surface area (Å²) in [5.41, 5.74) is 2.25. The number of aliphatic hydroxyl groups excluding tert-OH is 1. The first kappa shape index (κ1) is 45.3. The van der Waals surface area contributed by atoms with Gasteiger partial charge in [0.05, 0.1) is 12.7 Å². The number of nitrogens with two attached hydrogens (primary N) is 1. The van der Waals surface area contributed by atoms with Gasteiger partial charge in [-0.1, -0.05) is 75.7 Å². The van der Waals surface area contributed by atoms with Gasteiger partial charge < -0.3 is 36.0 Å². The number of hydrogen-bond acceptors (Lipinski definition) is 11. The van der Waals surface area contributed by atoms with Gasteiger partial charge in [-0.05, 0) is 57.1 Å². The molecule has 0 radical (unpaired) electrons. The molecule has 0 aromatic heterocycles. The molecule has 3 aliphatic rings. The van der Waals surface area contributed by atoms with Crippen LogP contribution in [-0.2, 0) is 16.1 Å². The molecule has 1 saturated heterocycles. The van der Waals surface area contributed by atoms with Crippen LogP contribution in [0.15, 0.2) is 69.0 Å². The van der Waals surface area contributed by atoms with Crippen molar-refractivity contribution in [2.75, 3.05) is 79.1 Å². The Labute approximate surface area is 314 Å². The lowest BCUT2D eigenvalue weighted by Crippen LogP contribution is -2.35. The molecule has 0 aliphatic carbocycles. The summed E-state index contributed by atoms with van der Waals surface area (Å²) in [4.78, 5) is 4.79. The molecule has 0 amide bonds. The molecule has 5 N–H and O–H groups in total. The van der Waals surface area contributed by atoms with Gasteiger partial charge in [-0.2, -0.15) is 26.3 Å². The second-order valence-corrected chi connectivity index (χ2v) is 13.5. The first-order valence-electron chi connectivity index (χ1n) is 18.7. The highest BCUT2D eigenvalue weighted by atomic mass is 19.4. The molecule has 5 rings (SSSR count). The molecular weight excluding hydrogens is 716 g/mol. The minimum absolute atomic E-state index is 0.0231. The molecule has 3 heterocycles. The minimum Gasteiger partial charge on any atom is -0.387 e. The Kier molecular flexibility index (Phi) is 17.9. The topological polar surface area (TPSA) is 139 Å². The van der Waals surface area contributed by atoms with E-state index in [1.807, 2.05) is 7.05 Å². The number of unbranched alkanes of at least 4 members (excludes halogenated alkanes) is 1. The van der Waals surface area contributed by atoms with E-state index >= 15 is 0 Å². The summed E-state index contributed by atoms with van der Waals surface area (Å²) in [6.07, 6.45) is -5.05. The molecule has 0 saturated carbocycles. The number of rotatable bonds is 21. The van der Waals surface area contributed by atoms with Crippen LogP contribution in [0, 0.1) is 0 Å². The lowest BCUT2D eigenvalue weighted by atomic mass is 9.99. The second-order valence-electron chi connectivity index (χ2n) is 13.5. The molecule has 1 fully saturated rings. The zero-order chi connectivity index (χ0) is 39.8. The average Bonchev–Trinajstić information content (AvgIpc) is 3.98. The second kappa shape index (κ2) is 21.3. The lowest BCUT2D eigenvalue weighted by Gasteiger charge is -2.22. The molecule has 3 aliphatic heterocycles. The quantitative estimate of drug-likeness (QED) is 0.0621.